The van der Waals surface area contributed by atoms with Crippen molar-refractivity contribution in [2.45, 2.75) is 32.7 Å². The van der Waals surface area contributed by atoms with Gasteiger partial charge >= 0.3 is 0 Å². The van der Waals surface area contributed by atoms with Gasteiger partial charge < -0.3 is 4.90 Å². The van der Waals surface area contributed by atoms with E-state index < -0.39 is 0 Å². The Labute approximate surface area is 109 Å². The van der Waals surface area contributed by atoms with Gasteiger partial charge in [0, 0.05) is 19.3 Å². The van der Waals surface area contributed by atoms with Crippen molar-refractivity contribution in [2.75, 3.05) is 12.9 Å². The lowest BCUT2D eigenvalue weighted by Gasteiger charge is -2.25. The predicted octanol–water partition coefficient (Wildman–Crippen LogP) is 3.53. The average molecular weight is 254 g/mol. The summed E-state index contributed by atoms with van der Waals surface area (Å²) in [5.74, 6) is 0.692. The Morgan fingerprint density at radius 3 is 2.47 bits per heavy atom. The molecule has 0 aliphatic carbocycles. The highest BCUT2D eigenvalue weighted by molar-refractivity contribution is 6.17. The Balaban J connectivity index is 2.65. The fraction of sp³-hybridized carbons (Fsp3) is 0.500. The van der Waals surface area contributed by atoms with Crippen LogP contribution >= 0.6 is 11.6 Å². The predicted molar refractivity (Wildman–Crippen MR) is 72.3 cm³/mol. The summed E-state index contributed by atoms with van der Waals surface area (Å²) in [5, 5.41) is 0. The zero-order valence-electron chi connectivity index (χ0n) is 10.7. The molecule has 1 aromatic carbocycles. The van der Waals surface area contributed by atoms with Crippen molar-refractivity contribution in [1.82, 2.24) is 4.90 Å². The van der Waals surface area contributed by atoms with Gasteiger partial charge in [-0.3, -0.25) is 4.79 Å². The first-order valence-corrected chi connectivity index (χ1v) is 6.48. The van der Waals surface area contributed by atoms with Crippen LogP contribution in [0.5, 0.6) is 0 Å². The van der Waals surface area contributed by atoms with E-state index in [-0.39, 0.29) is 11.9 Å². The van der Waals surface area contributed by atoms with Gasteiger partial charge in [0.1, 0.15) is 0 Å². The van der Waals surface area contributed by atoms with E-state index in [1.165, 1.54) is 5.56 Å². The third-order valence-electron chi connectivity index (χ3n) is 3.06. The van der Waals surface area contributed by atoms with E-state index in [1.54, 1.807) is 4.90 Å². The number of carbonyl (C=O) groups is 1. The molecule has 0 saturated heterocycles. The van der Waals surface area contributed by atoms with Crippen molar-refractivity contribution >= 4 is 17.5 Å². The number of alkyl halides is 1. The molecule has 0 fully saturated rings. The van der Waals surface area contributed by atoms with Crippen LogP contribution in [0, 0.1) is 6.92 Å². The largest absolute Gasteiger partial charge is 0.339 e. The monoisotopic (exact) mass is 253 g/mol. The molecule has 0 heterocycles. The van der Waals surface area contributed by atoms with Gasteiger partial charge in [-0.25, -0.2) is 0 Å². The molecule has 1 aromatic rings. The topological polar surface area (TPSA) is 20.3 Å². The van der Waals surface area contributed by atoms with Crippen molar-refractivity contribution in [3.05, 3.63) is 35.4 Å². The van der Waals surface area contributed by atoms with E-state index in [1.807, 2.05) is 14.0 Å². The lowest BCUT2D eigenvalue weighted by atomic mass is 10.1. The summed E-state index contributed by atoms with van der Waals surface area (Å²) < 4.78 is 0. The summed E-state index contributed by atoms with van der Waals surface area (Å²) in [4.78, 5) is 13.6. The van der Waals surface area contributed by atoms with Gasteiger partial charge in [0.15, 0.2) is 0 Å². The highest BCUT2D eigenvalue weighted by Crippen LogP contribution is 2.20. The second-order valence-corrected chi connectivity index (χ2v) is 4.76. The normalized spacial score (nSPS) is 12.2. The molecular weight excluding hydrogens is 234 g/mol. The maximum atomic E-state index is 11.9. The van der Waals surface area contributed by atoms with E-state index >= 15 is 0 Å². The van der Waals surface area contributed by atoms with Crippen LogP contribution in [-0.2, 0) is 4.79 Å². The van der Waals surface area contributed by atoms with E-state index in [2.05, 4.69) is 31.2 Å². The minimum atomic E-state index is 0.110. The van der Waals surface area contributed by atoms with Gasteiger partial charge in [0.2, 0.25) is 5.91 Å². The molecule has 1 unspecified atom stereocenters. The molecule has 0 aromatic heterocycles. The molecule has 1 amide bonds. The molecule has 0 radical (unpaired) electrons. The average Bonchev–Trinajstić information content (AvgIpc) is 2.35. The number of benzene rings is 1. The van der Waals surface area contributed by atoms with E-state index in [0.717, 1.165) is 12.0 Å². The van der Waals surface area contributed by atoms with Crippen LogP contribution < -0.4 is 0 Å². The Bertz CT molecular complexity index is 361. The molecule has 1 atom stereocenters. The first-order valence-electron chi connectivity index (χ1n) is 5.94. The molecule has 1 rings (SSSR count). The van der Waals surface area contributed by atoms with Gasteiger partial charge in [0.05, 0.1) is 6.04 Å². The molecule has 2 nitrogen and oxygen atoms in total. The Kier molecular flexibility index (Phi) is 5.49. The van der Waals surface area contributed by atoms with Crippen molar-refractivity contribution in [3.8, 4) is 0 Å². The highest BCUT2D eigenvalue weighted by atomic mass is 35.5. The Hall–Kier alpha value is -1.02. The van der Waals surface area contributed by atoms with Crippen LogP contribution in [0.25, 0.3) is 0 Å². The number of amides is 1. The van der Waals surface area contributed by atoms with Gasteiger partial charge in [-0.1, -0.05) is 29.8 Å². The minimum Gasteiger partial charge on any atom is -0.339 e. The van der Waals surface area contributed by atoms with Crippen LogP contribution in [0.4, 0.5) is 0 Å². The molecule has 0 aliphatic heterocycles. The third-order valence-corrected chi connectivity index (χ3v) is 3.33. The van der Waals surface area contributed by atoms with E-state index in [9.17, 15) is 4.79 Å². The highest BCUT2D eigenvalue weighted by Gasteiger charge is 2.16. The maximum absolute atomic E-state index is 11.9. The van der Waals surface area contributed by atoms with Crippen LogP contribution in [-0.4, -0.2) is 23.7 Å². The molecule has 0 saturated carbocycles. The molecule has 94 valence electrons. The van der Waals surface area contributed by atoms with Crippen LogP contribution in [0.2, 0.25) is 0 Å². The summed E-state index contributed by atoms with van der Waals surface area (Å²) in [6.07, 6.45) is 1.27. The van der Waals surface area contributed by atoms with Crippen molar-refractivity contribution in [2.24, 2.45) is 0 Å². The zero-order chi connectivity index (χ0) is 12.8. The van der Waals surface area contributed by atoms with E-state index in [4.69, 9.17) is 11.6 Å². The fourth-order valence-corrected chi connectivity index (χ4v) is 1.81. The number of halogens is 1. The van der Waals surface area contributed by atoms with Crippen molar-refractivity contribution < 1.29 is 4.79 Å². The Morgan fingerprint density at radius 1 is 1.35 bits per heavy atom. The third kappa shape index (κ3) is 4.04. The van der Waals surface area contributed by atoms with Crippen LogP contribution in [0.15, 0.2) is 24.3 Å². The Morgan fingerprint density at radius 2 is 1.94 bits per heavy atom. The fourth-order valence-electron chi connectivity index (χ4n) is 1.68. The zero-order valence-corrected chi connectivity index (χ0v) is 11.5. The maximum Gasteiger partial charge on any atom is 0.222 e. The number of hydrogen-bond acceptors (Lipinski definition) is 1. The van der Waals surface area contributed by atoms with Crippen molar-refractivity contribution in [3.63, 3.8) is 0 Å². The second-order valence-electron chi connectivity index (χ2n) is 4.38. The molecular formula is C14H20ClNO. The summed E-state index contributed by atoms with van der Waals surface area (Å²) in [6.45, 7) is 4.10. The summed E-state index contributed by atoms with van der Waals surface area (Å²) in [7, 11) is 1.85. The first-order chi connectivity index (χ1) is 8.06. The second kappa shape index (κ2) is 6.65. The standard InChI is InChI=1S/C14H20ClNO/c1-11-6-8-13(9-7-11)12(2)16(3)14(17)5-4-10-15/h6-9,12H,4-5,10H2,1-3H3. The summed E-state index contributed by atoms with van der Waals surface area (Å²) in [5.41, 5.74) is 2.40. The van der Waals surface area contributed by atoms with Gasteiger partial charge in [-0.15, -0.1) is 11.6 Å². The lowest BCUT2D eigenvalue weighted by molar-refractivity contribution is -0.131. The van der Waals surface area contributed by atoms with Crippen LogP contribution in [0.1, 0.15) is 36.9 Å². The number of carbonyl (C=O) groups excluding carboxylic acids is 1. The number of hydrogen-bond donors (Lipinski definition) is 0. The summed E-state index contributed by atoms with van der Waals surface area (Å²) >= 11 is 5.59. The number of nitrogens with zero attached hydrogens (tertiary/aromatic N) is 1. The number of rotatable bonds is 5. The SMILES string of the molecule is Cc1ccc(C(C)N(C)C(=O)CCCCl)cc1. The van der Waals surface area contributed by atoms with Crippen LogP contribution in [0.3, 0.4) is 0 Å². The van der Waals surface area contributed by atoms with Gasteiger partial charge in [0.25, 0.3) is 0 Å². The smallest absolute Gasteiger partial charge is 0.222 e. The molecule has 0 spiro atoms. The molecule has 0 N–H and O–H groups in total. The number of aryl methyl sites for hydroxylation is 1. The first kappa shape index (κ1) is 14.0. The molecule has 3 heteroatoms. The minimum absolute atomic E-state index is 0.110. The van der Waals surface area contributed by atoms with Crippen molar-refractivity contribution in [1.29, 1.82) is 0 Å². The van der Waals surface area contributed by atoms with E-state index in [0.29, 0.717) is 12.3 Å². The molecule has 0 bridgehead atoms. The summed E-state index contributed by atoms with van der Waals surface area (Å²) in [6, 6.07) is 8.40. The molecule has 17 heavy (non-hydrogen) atoms. The lowest BCUT2D eigenvalue weighted by Crippen LogP contribution is -2.29. The van der Waals surface area contributed by atoms with Gasteiger partial charge in [-0.2, -0.15) is 0 Å². The van der Waals surface area contributed by atoms with Gasteiger partial charge in [-0.05, 0) is 25.8 Å². The quantitative estimate of drug-likeness (QED) is 0.735. The molecule has 0 aliphatic rings.